The maximum absolute atomic E-state index is 10.7. The smallest absolute Gasteiger partial charge is 0.153 e. The lowest BCUT2D eigenvalue weighted by Gasteiger charge is -2.13. The Hall–Kier alpha value is -1.72. The number of hydrogen-bond acceptors (Lipinski definition) is 9. The van der Waals surface area contributed by atoms with Gasteiger partial charge in [-0.2, -0.15) is 5.48 Å². The first-order valence-corrected chi connectivity index (χ1v) is 11.3. The van der Waals surface area contributed by atoms with Gasteiger partial charge in [0, 0.05) is 11.6 Å². The van der Waals surface area contributed by atoms with Crippen molar-refractivity contribution >= 4 is 22.7 Å². The van der Waals surface area contributed by atoms with Gasteiger partial charge in [0.05, 0.1) is 4.88 Å². The van der Waals surface area contributed by atoms with Crippen molar-refractivity contribution in [3.8, 4) is 20.5 Å². The maximum Gasteiger partial charge on any atom is 0.153 e. The third-order valence-electron chi connectivity index (χ3n) is 4.45. The van der Waals surface area contributed by atoms with E-state index in [4.69, 9.17) is 5.21 Å². The van der Waals surface area contributed by atoms with Crippen LogP contribution in [0.2, 0.25) is 0 Å². The van der Waals surface area contributed by atoms with Gasteiger partial charge in [0.15, 0.2) is 10.0 Å². The highest BCUT2D eigenvalue weighted by atomic mass is 32.1. The zero-order valence-electron chi connectivity index (χ0n) is 16.0. The summed E-state index contributed by atoms with van der Waals surface area (Å²) in [5.41, 5.74) is 3.49. The van der Waals surface area contributed by atoms with Gasteiger partial charge >= 0.3 is 0 Å². The molecule has 2 heterocycles. The Bertz CT molecular complexity index is 843. The summed E-state index contributed by atoms with van der Waals surface area (Å²) in [6.45, 7) is 0.667. The Morgan fingerprint density at radius 1 is 1.00 bits per heavy atom. The number of benzene rings is 1. The molecule has 5 N–H and O–H groups in total. The molecule has 2 atom stereocenters. The standard InChI is InChI=1S/C20H26N4O3S2/c25-15(24-27)10-6-1-2-7-11-21-18(26)16-17(14-8-4-3-5-9-14)29-20(23-16)19-22-12-13-28-19/h3-5,8-9,12-13,15,18,21,24-27H,1-2,6-7,10-11H2. The highest BCUT2D eigenvalue weighted by Crippen LogP contribution is 2.38. The topological polar surface area (TPSA) is 111 Å². The summed E-state index contributed by atoms with van der Waals surface area (Å²) < 4.78 is 0. The predicted molar refractivity (Wildman–Crippen MR) is 116 cm³/mol. The molecule has 2 aromatic heterocycles. The fourth-order valence-electron chi connectivity index (χ4n) is 2.95. The molecule has 0 amide bonds. The van der Waals surface area contributed by atoms with Crippen molar-refractivity contribution in [2.45, 2.75) is 44.6 Å². The summed E-state index contributed by atoms with van der Waals surface area (Å²) in [5, 5.41) is 35.3. The molecular weight excluding hydrogens is 408 g/mol. The Labute approximate surface area is 178 Å². The van der Waals surface area contributed by atoms with Crippen LogP contribution in [0.15, 0.2) is 41.9 Å². The van der Waals surface area contributed by atoms with Gasteiger partial charge in [-0.15, -0.1) is 22.7 Å². The molecule has 29 heavy (non-hydrogen) atoms. The van der Waals surface area contributed by atoms with E-state index in [-0.39, 0.29) is 0 Å². The second kappa shape index (κ2) is 11.5. The van der Waals surface area contributed by atoms with Crippen LogP contribution < -0.4 is 10.8 Å². The molecular formula is C20H26N4O3S2. The van der Waals surface area contributed by atoms with E-state index < -0.39 is 12.5 Å². The molecule has 0 aliphatic heterocycles. The number of nitrogens with one attached hydrogen (secondary N) is 2. The molecule has 0 saturated carbocycles. The van der Waals surface area contributed by atoms with Crippen molar-refractivity contribution in [1.82, 2.24) is 20.8 Å². The molecule has 3 rings (SSSR count). The summed E-state index contributed by atoms with van der Waals surface area (Å²) in [6.07, 6.45) is 4.24. The molecule has 2 unspecified atom stereocenters. The van der Waals surface area contributed by atoms with Crippen molar-refractivity contribution in [3.05, 3.63) is 47.6 Å². The predicted octanol–water partition coefficient (Wildman–Crippen LogP) is 3.76. The molecule has 0 bridgehead atoms. The van der Waals surface area contributed by atoms with Crippen molar-refractivity contribution < 1.29 is 15.4 Å². The van der Waals surface area contributed by atoms with Gasteiger partial charge in [-0.05, 0) is 31.4 Å². The van der Waals surface area contributed by atoms with E-state index in [0.29, 0.717) is 18.7 Å². The lowest BCUT2D eigenvalue weighted by Crippen LogP contribution is -2.24. The molecule has 7 nitrogen and oxygen atoms in total. The van der Waals surface area contributed by atoms with E-state index >= 15 is 0 Å². The molecule has 3 aromatic rings. The van der Waals surface area contributed by atoms with Crippen LogP contribution in [-0.4, -0.2) is 38.2 Å². The first-order chi connectivity index (χ1) is 14.2. The number of hydroxylamine groups is 1. The number of aliphatic hydroxyl groups excluding tert-OH is 2. The molecule has 0 saturated heterocycles. The van der Waals surface area contributed by atoms with Gasteiger partial charge in [0.25, 0.3) is 0 Å². The second-order valence-electron chi connectivity index (χ2n) is 6.64. The highest BCUT2D eigenvalue weighted by molar-refractivity contribution is 7.22. The Kier molecular flexibility index (Phi) is 8.69. The van der Waals surface area contributed by atoms with Crippen LogP contribution >= 0.6 is 22.7 Å². The average Bonchev–Trinajstić information content (AvgIpc) is 3.43. The first kappa shape index (κ1) is 22.0. The number of thiazole rings is 2. The highest BCUT2D eigenvalue weighted by Gasteiger charge is 2.21. The fraction of sp³-hybridized carbons (Fsp3) is 0.400. The van der Waals surface area contributed by atoms with Gasteiger partial charge in [0.1, 0.15) is 18.1 Å². The van der Waals surface area contributed by atoms with E-state index in [0.717, 1.165) is 46.1 Å². The van der Waals surface area contributed by atoms with Crippen LogP contribution in [0.1, 0.15) is 44.0 Å². The minimum absolute atomic E-state index is 0.519. The van der Waals surface area contributed by atoms with Crippen molar-refractivity contribution in [2.24, 2.45) is 0 Å². The number of aromatic nitrogens is 2. The summed E-state index contributed by atoms with van der Waals surface area (Å²) in [5.74, 6) is 0. The summed E-state index contributed by atoms with van der Waals surface area (Å²) in [6, 6.07) is 9.96. The minimum Gasteiger partial charge on any atom is -0.377 e. The van der Waals surface area contributed by atoms with Crippen LogP contribution in [0, 0.1) is 0 Å². The second-order valence-corrected chi connectivity index (χ2v) is 8.53. The zero-order valence-corrected chi connectivity index (χ0v) is 17.6. The van der Waals surface area contributed by atoms with Crippen LogP contribution in [0.4, 0.5) is 0 Å². The number of unbranched alkanes of at least 4 members (excludes halogenated alkanes) is 3. The number of rotatable bonds is 12. The van der Waals surface area contributed by atoms with Gasteiger partial charge in [0.2, 0.25) is 0 Å². The first-order valence-electron chi connectivity index (χ1n) is 9.64. The minimum atomic E-state index is -0.858. The molecule has 0 aliphatic rings. The molecule has 0 spiro atoms. The van der Waals surface area contributed by atoms with Crippen molar-refractivity contribution in [2.75, 3.05) is 6.54 Å². The van der Waals surface area contributed by atoms with Crippen LogP contribution in [-0.2, 0) is 0 Å². The van der Waals surface area contributed by atoms with Crippen molar-refractivity contribution in [1.29, 1.82) is 0 Å². The Morgan fingerprint density at radius 3 is 2.52 bits per heavy atom. The summed E-state index contributed by atoms with van der Waals surface area (Å²) in [7, 11) is 0. The molecule has 0 radical (unpaired) electrons. The van der Waals surface area contributed by atoms with Gasteiger partial charge in [-0.25, -0.2) is 9.97 Å². The summed E-state index contributed by atoms with van der Waals surface area (Å²) >= 11 is 3.07. The van der Waals surface area contributed by atoms with E-state index in [9.17, 15) is 10.2 Å². The Morgan fingerprint density at radius 2 is 1.79 bits per heavy atom. The van der Waals surface area contributed by atoms with Crippen LogP contribution in [0.5, 0.6) is 0 Å². The van der Waals surface area contributed by atoms with Crippen LogP contribution in [0.3, 0.4) is 0 Å². The molecule has 1 aromatic carbocycles. The molecule has 9 heteroatoms. The number of nitrogens with zero attached hydrogens (tertiary/aromatic N) is 2. The fourth-order valence-corrected chi connectivity index (χ4v) is 4.73. The maximum atomic E-state index is 10.7. The Balaban J connectivity index is 1.58. The average molecular weight is 435 g/mol. The third-order valence-corrected chi connectivity index (χ3v) is 6.49. The van der Waals surface area contributed by atoms with Gasteiger partial charge in [-0.1, -0.05) is 43.2 Å². The SMILES string of the molecule is ONC(O)CCCCCCNC(O)c1nc(-c2nccs2)sc1-c1ccccc1. The van der Waals surface area contributed by atoms with Gasteiger partial charge < -0.3 is 15.4 Å². The van der Waals surface area contributed by atoms with E-state index in [1.54, 1.807) is 17.5 Å². The lowest BCUT2D eigenvalue weighted by atomic mass is 10.1. The van der Waals surface area contributed by atoms with Crippen molar-refractivity contribution in [3.63, 3.8) is 0 Å². The van der Waals surface area contributed by atoms with E-state index in [1.807, 2.05) is 41.2 Å². The van der Waals surface area contributed by atoms with E-state index in [1.165, 1.54) is 11.3 Å². The quantitative estimate of drug-likeness (QED) is 0.168. The zero-order chi connectivity index (χ0) is 20.5. The number of hydrogen-bond donors (Lipinski definition) is 5. The van der Waals surface area contributed by atoms with E-state index in [2.05, 4.69) is 15.3 Å². The van der Waals surface area contributed by atoms with Gasteiger partial charge in [-0.3, -0.25) is 5.32 Å². The molecule has 0 aliphatic carbocycles. The summed E-state index contributed by atoms with van der Waals surface area (Å²) in [4.78, 5) is 9.97. The van der Waals surface area contributed by atoms with Crippen LogP contribution in [0.25, 0.3) is 20.5 Å². The molecule has 0 fully saturated rings. The number of aliphatic hydroxyl groups is 2. The third kappa shape index (κ3) is 6.38. The lowest BCUT2D eigenvalue weighted by molar-refractivity contribution is -0.00394. The molecule has 156 valence electrons. The monoisotopic (exact) mass is 434 g/mol. The normalized spacial score (nSPS) is 13.5. The largest absolute Gasteiger partial charge is 0.377 e.